The van der Waals surface area contributed by atoms with Crippen LogP contribution in [-0.2, 0) is 0 Å². The minimum atomic E-state index is -0.483. The van der Waals surface area contributed by atoms with E-state index in [1.54, 1.807) is 7.11 Å². The van der Waals surface area contributed by atoms with Crippen LogP contribution in [0.2, 0.25) is 0 Å². The van der Waals surface area contributed by atoms with Crippen molar-refractivity contribution in [2.45, 2.75) is 31.9 Å². The highest BCUT2D eigenvalue weighted by Gasteiger charge is 2.27. The molecule has 2 N–H and O–H groups in total. The number of hydrogen-bond donors (Lipinski definition) is 2. The van der Waals surface area contributed by atoms with E-state index in [0.29, 0.717) is 19.2 Å². The van der Waals surface area contributed by atoms with Gasteiger partial charge in [-0.15, -0.1) is 0 Å². The Morgan fingerprint density at radius 2 is 1.89 bits per heavy atom. The zero-order valence-corrected chi connectivity index (χ0v) is 11.6. The van der Waals surface area contributed by atoms with Crippen LogP contribution in [0.4, 0.5) is 0 Å². The predicted octanol–water partition coefficient (Wildman–Crippen LogP) is 1.82. The maximum absolute atomic E-state index is 9.85. The van der Waals surface area contributed by atoms with Crippen molar-refractivity contribution >= 4 is 0 Å². The van der Waals surface area contributed by atoms with Crippen LogP contribution in [0.25, 0.3) is 0 Å². The SMILES string of the molecule is COc1ccc(OCC(O)CNC(C)C2CC2)cc1. The summed E-state index contributed by atoms with van der Waals surface area (Å²) in [4.78, 5) is 0. The molecular formula is C15H23NO3. The molecule has 0 bridgehead atoms. The summed E-state index contributed by atoms with van der Waals surface area (Å²) >= 11 is 0. The molecule has 1 aromatic rings. The lowest BCUT2D eigenvalue weighted by Gasteiger charge is -2.17. The van der Waals surface area contributed by atoms with E-state index in [0.717, 1.165) is 17.4 Å². The molecule has 0 aromatic heterocycles. The molecule has 0 spiro atoms. The molecule has 1 aliphatic rings. The summed E-state index contributed by atoms with van der Waals surface area (Å²) in [6.07, 6.45) is 2.14. The highest BCUT2D eigenvalue weighted by Crippen LogP contribution is 2.32. The van der Waals surface area contributed by atoms with Gasteiger partial charge >= 0.3 is 0 Å². The van der Waals surface area contributed by atoms with Crippen LogP contribution in [0, 0.1) is 5.92 Å². The van der Waals surface area contributed by atoms with Crippen LogP contribution in [0.15, 0.2) is 24.3 Å². The maximum atomic E-state index is 9.85. The van der Waals surface area contributed by atoms with Crippen LogP contribution in [0.5, 0.6) is 11.5 Å². The number of rotatable bonds is 8. The minimum Gasteiger partial charge on any atom is -0.497 e. The van der Waals surface area contributed by atoms with E-state index in [9.17, 15) is 5.11 Å². The fourth-order valence-corrected chi connectivity index (χ4v) is 2.01. The summed E-state index contributed by atoms with van der Waals surface area (Å²) in [5.41, 5.74) is 0. The van der Waals surface area contributed by atoms with Gasteiger partial charge in [0.2, 0.25) is 0 Å². The Balaban J connectivity index is 1.65. The maximum Gasteiger partial charge on any atom is 0.119 e. The average Bonchev–Trinajstić information content (AvgIpc) is 3.27. The van der Waals surface area contributed by atoms with Crippen LogP contribution in [0.3, 0.4) is 0 Å². The van der Waals surface area contributed by atoms with Gasteiger partial charge in [-0.3, -0.25) is 0 Å². The van der Waals surface area contributed by atoms with E-state index < -0.39 is 6.10 Å². The monoisotopic (exact) mass is 265 g/mol. The Kier molecular flexibility index (Phi) is 5.05. The molecule has 0 amide bonds. The first kappa shape index (κ1) is 14.2. The van der Waals surface area contributed by atoms with Crippen LogP contribution >= 0.6 is 0 Å². The standard InChI is InChI=1S/C15H23NO3/c1-11(12-3-4-12)16-9-13(17)10-19-15-7-5-14(18-2)6-8-15/h5-8,11-13,16-17H,3-4,9-10H2,1-2H3. The van der Waals surface area contributed by atoms with Crippen molar-refractivity contribution in [3.8, 4) is 11.5 Å². The number of ether oxygens (including phenoxy) is 2. The first-order valence-electron chi connectivity index (χ1n) is 6.87. The van der Waals surface area contributed by atoms with Crippen molar-refractivity contribution in [3.05, 3.63) is 24.3 Å². The van der Waals surface area contributed by atoms with Gasteiger partial charge in [0.1, 0.15) is 24.2 Å². The summed E-state index contributed by atoms with van der Waals surface area (Å²) in [6, 6.07) is 7.86. The Bertz CT molecular complexity index is 375. The van der Waals surface area contributed by atoms with E-state index >= 15 is 0 Å². The lowest BCUT2D eigenvalue weighted by Crippen LogP contribution is -2.37. The summed E-state index contributed by atoms with van der Waals surface area (Å²) < 4.78 is 10.6. The van der Waals surface area contributed by atoms with Crippen molar-refractivity contribution in [1.82, 2.24) is 5.32 Å². The van der Waals surface area contributed by atoms with Crippen LogP contribution in [-0.4, -0.2) is 37.5 Å². The van der Waals surface area contributed by atoms with Gasteiger partial charge in [0.05, 0.1) is 7.11 Å². The second kappa shape index (κ2) is 6.78. The van der Waals surface area contributed by atoms with Crippen molar-refractivity contribution in [2.24, 2.45) is 5.92 Å². The van der Waals surface area contributed by atoms with Gasteiger partial charge in [-0.05, 0) is 49.9 Å². The normalized spacial score (nSPS) is 17.8. The van der Waals surface area contributed by atoms with E-state index in [-0.39, 0.29) is 0 Å². The molecule has 1 aliphatic carbocycles. The fourth-order valence-electron chi connectivity index (χ4n) is 2.01. The van der Waals surface area contributed by atoms with Gasteiger partial charge in [0, 0.05) is 12.6 Å². The predicted molar refractivity (Wildman–Crippen MR) is 74.7 cm³/mol. The molecule has 0 heterocycles. The molecule has 1 aromatic carbocycles. The molecule has 0 radical (unpaired) electrons. The first-order chi connectivity index (χ1) is 9.19. The van der Waals surface area contributed by atoms with Gasteiger partial charge < -0.3 is 19.9 Å². The zero-order valence-electron chi connectivity index (χ0n) is 11.6. The van der Waals surface area contributed by atoms with E-state index in [1.807, 2.05) is 24.3 Å². The number of methoxy groups -OCH3 is 1. The van der Waals surface area contributed by atoms with Gasteiger partial charge in [0.15, 0.2) is 0 Å². The largest absolute Gasteiger partial charge is 0.497 e. The molecule has 1 saturated carbocycles. The molecule has 106 valence electrons. The minimum absolute atomic E-state index is 0.302. The second-order valence-electron chi connectivity index (χ2n) is 5.17. The van der Waals surface area contributed by atoms with Crippen molar-refractivity contribution in [3.63, 3.8) is 0 Å². The Morgan fingerprint density at radius 3 is 2.47 bits per heavy atom. The van der Waals surface area contributed by atoms with Gasteiger partial charge in [-0.25, -0.2) is 0 Å². The number of aliphatic hydroxyl groups is 1. The number of aliphatic hydroxyl groups excluding tert-OH is 1. The zero-order chi connectivity index (χ0) is 13.7. The van der Waals surface area contributed by atoms with Gasteiger partial charge in [-0.2, -0.15) is 0 Å². The third kappa shape index (κ3) is 4.73. The van der Waals surface area contributed by atoms with Crippen molar-refractivity contribution < 1.29 is 14.6 Å². The molecule has 4 heteroatoms. The lowest BCUT2D eigenvalue weighted by atomic mass is 10.2. The first-order valence-corrected chi connectivity index (χ1v) is 6.87. The molecular weight excluding hydrogens is 242 g/mol. The summed E-state index contributed by atoms with van der Waals surface area (Å²) in [5, 5.41) is 13.2. The number of benzene rings is 1. The Morgan fingerprint density at radius 1 is 1.26 bits per heavy atom. The molecule has 2 rings (SSSR count). The Labute approximate surface area is 114 Å². The molecule has 2 unspecified atom stereocenters. The second-order valence-corrected chi connectivity index (χ2v) is 5.17. The molecule has 2 atom stereocenters. The topological polar surface area (TPSA) is 50.7 Å². The smallest absolute Gasteiger partial charge is 0.119 e. The van der Waals surface area contributed by atoms with Crippen molar-refractivity contribution in [2.75, 3.05) is 20.3 Å². The molecule has 19 heavy (non-hydrogen) atoms. The average molecular weight is 265 g/mol. The van der Waals surface area contributed by atoms with Crippen LogP contribution < -0.4 is 14.8 Å². The summed E-state index contributed by atoms with van der Waals surface area (Å²) in [6.45, 7) is 3.05. The van der Waals surface area contributed by atoms with Crippen LogP contribution in [0.1, 0.15) is 19.8 Å². The van der Waals surface area contributed by atoms with Crippen molar-refractivity contribution in [1.29, 1.82) is 0 Å². The lowest BCUT2D eigenvalue weighted by molar-refractivity contribution is 0.103. The van der Waals surface area contributed by atoms with Gasteiger partial charge in [-0.1, -0.05) is 0 Å². The third-order valence-electron chi connectivity index (χ3n) is 3.51. The quantitative estimate of drug-likeness (QED) is 0.753. The highest BCUT2D eigenvalue weighted by molar-refractivity contribution is 5.31. The van der Waals surface area contributed by atoms with Gasteiger partial charge in [0.25, 0.3) is 0 Å². The summed E-state index contributed by atoms with van der Waals surface area (Å²) in [5.74, 6) is 2.35. The number of hydrogen-bond acceptors (Lipinski definition) is 4. The van der Waals surface area contributed by atoms with E-state index in [4.69, 9.17) is 9.47 Å². The molecule has 1 fully saturated rings. The Hall–Kier alpha value is -1.26. The molecule has 0 saturated heterocycles. The summed E-state index contributed by atoms with van der Waals surface area (Å²) in [7, 11) is 1.63. The van der Waals surface area contributed by atoms with E-state index in [1.165, 1.54) is 12.8 Å². The third-order valence-corrected chi connectivity index (χ3v) is 3.51. The molecule has 4 nitrogen and oxygen atoms in total. The van der Waals surface area contributed by atoms with E-state index in [2.05, 4.69) is 12.2 Å². The fraction of sp³-hybridized carbons (Fsp3) is 0.600. The number of nitrogens with one attached hydrogen (secondary N) is 1. The highest BCUT2D eigenvalue weighted by atomic mass is 16.5. The molecule has 0 aliphatic heterocycles.